The zero-order valence-corrected chi connectivity index (χ0v) is 12.9. The highest BCUT2D eigenvalue weighted by Crippen LogP contribution is 2.31. The minimum absolute atomic E-state index is 0.169. The molecule has 0 bridgehead atoms. The van der Waals surface area contributed by atoms with Crippen LogP contribution in [-0.2, 0) is 0 Å². The van der Waals surface area contributed by atoms with E-state index in [9.17, 15) is 4.79 Å². The summed E-state index contributed by atoms with van der Waals surface area (Å²) in [6.07, 6.45) is 6.35. The number of carbonyl (C=O) groups is 1. The number of allylic oxidation sites excluding steroid dienone is 1. The van der Waals surface area contributed by atoms with Crippen molar-refractivity contribution in [2.24, 2.45) is 0 Å². The molecule has 3 rings (SSSR count). The van der Waals surface area contributed by atoms with Crippen LogP contribution >= 0.6 is 11.6 Å². The van der Waals surface area contributed by atoms with E-state index in [2.05, 4.69) is 4.98 Å². The molecule has 2 aromatic heterocycles. The summed E-state index contributed by atoms with van der Waals surface area (Å²) in [6, 6.07) is 7.28. The largest absolute Gasteiger partial charge is 0.432 e. The molecule has 0 spiro atoms. The summed E-state index contributed by atoms with van der Waals surface area (Å²) >= 11 is 6.24. The number of carbonyl (C=O) groups excluding carboxylic acids is 1. The van der Waals surface area contributed by atoms with Gasteiger partial charge in [0.05, 0.1) is 5.02 Å². The first-order valence-corrected chi connectivity index (χ1v) is 7.05. The van der Waals surface area contributed by atoms with Gasteiger partial charge in [0.2, 0.25) is 5.78 Å². The van der Waals surface area contributed by atoms with E-state index in [1.54, 1.807) is 27.8 Å². The highest BCUT2D eigenvalue weighted by Gasteiger charge is 2.21. The van der Waals surface area contributed by atoms with E-state index in [-0.39, 0.29) is 5.78 Å². The van der Waals surface area contributed by atoms with Crippen LogP contribution in [0.25, 0.3) is 17.1 Å². The van der Waals surface area contributed by atoms with Gasteiger partial charge in [0.25, 0.3) is 0 Å². The number of ketones is 1. The van der Waals surface area contributed by atoms with E-state index in [4.69, 9.17) is 16.0 Å². The fourth-order valence-corrected chi connectivity index (χ4v) is 2.38. The number of nitrogens with zero attached hydrogens (tertiary/aromatic N) is 3. The molecule has 0 aliphatic rings. The van der Waals surface area contributed by atoms with Crippen LogP contribution in [-0.4, -0.2) is 34.2 Å². The maximum Gasteiger partial charge on any atom is 0.306 e. The number of rotatable bonds is 4. The standard InChI is InChI=1S/C16H14ClN3O2/c1-19(2)8-7-13(21)15-14(11-5-3-4-6-12(11)17)18-16-20(15)9-10-22-16/h3-10H,1-2H3. The first-order valence-electron chi connectivity index (χ1n) is 6.67. The van der Waals surface area contributed by atoms with Gasteiger partial charge in [-0.25, -0.2) is 0 Å². The Bertz CT molecular complexity index is 861. The summed E-state index contributed by atoms with van der Waals surface area (Å²) in [4.78, 5) is 18.8. The maximum atomic E-state index is 12.6. The lowest BCUT2D eigenvalue weighted by atomic mass is 10.1. The van der Waals surface area contributed by atoms with Crippen molar-refractivity contribution < 1.29 is 9.21 Å². The van der Waals surface area contributed by atoms with E-state index in [1.165, 1.54) is 12.3 Å². The number of benzene rings is 1. The fraction of sp³-hybridized carbons (Fsp3) is 0.125. The van der Waals surface area contributed by atoms with Crippen LogP contribution in [0.1, 0.15) is 10.5 Å². The number of halogens is 1. The average Bonchev–Trinajstić information content (AvgIpc) is 3.05. The van der Waals surface area contributed by atoms with E-state index in [0.29, 0.717) is 27.8 Å². The Morgan fingerprint density at radius 3 is 2.86 bits per heavy atom. The Kier molecular flexibility index (Phi) is 3.73. The molecule has 5 nitrogen and oxygen atoms in total. The van der Waals surface area contributed by atoms with Gasteiger partial charge in [0.1, 0.15) is 17.7 Å². The Hall–Kier alpha value is -2.53. The summed E-state index contributed by atoms with van der Waals surface area (Å²) in [7, 11) is 3.70. The second-order valence-electron chi connectivity index (χ2n) is 4.99. The van der Waals surface area contributed by atoms with Crippen molar-refractivity contribution in [2.45, 2.75) is 0 Å². The average molecular weight is 316 g/mol. The third-order valence-corrected chi connectivity index (χ3v) is 3.48. The second kappa shape index (κ2) is 5.69. The maximum absolute atomic E-state index is 12.6. The summed E-state index contributed by atoms with van der Waals surface area (Å²) in [5.41, 5.74) is 1.64. The van der Waals surface area contributed by atoms with Crippen LogP contribution in [0, 0.1) is 0 Å². The van der Waals surface area contributed by atoms with Crippen molar-refractivity contribution >= 4 is 23.2 Å². The molecule has 2 heterocycles. The summed E-state index contributed by atoms with van der Waals surface area (Å²) in [5.74, 6) is 0.189. The highest BCUT2D eigenvalue weighted by molar-refractivity contribution is 6.33. The monoisotopic (exact) mass is 315 g/mol. The molecule has 3 aromatic rings. The van der Waals surface area contributed by atoms with Gasteiger partial charge in [-0.05, 0) is 6.07 Å². The van der Waals surface area contributed by atoms with Crippen molar-refractivity contribution in [1.82, 2.24) is 14.3 Å². The van der Waals surface area contributed by atoms with Crippen molar-refractivity contribution in [1.29, 1.82) is 0 Å². The first kappa shape index (κ1) is 14.4. The van der Waals surface area contributed by atoms with Crippen LogP contribution in [0.5, 0.6) is 0 Å². The van der Waals surface area contributed by atoms with Crippen molar-refractivity contribution in [3.63, 3.8) is 0 Å². The molecular formula is C16H14ClN3O2. The zero-order chi connectivity index (χ0) is 15.7. The van der Waals surface area contributed by atoms with Gasteiger partial charge in [0.15, 0.2) is 0 Å². The molecule has 6 heteroatoms. The number of aromatic nitrogens is 2. The smallest absolute Gasteiger partial charge is 0.306 e. The molecule has 1 aromatic carbocycles. The molecule has 0 aliphatic carbocycles. The normalized spacial score (nSPS) is 11.4. The molecule has 0 fully saturated rings. The lowest BCUT2D eigenvalue weighted by Crippen LogP contribution is -2.05. The number of oxazole rings is 1. The minimum Gasteiger partial charge on any atom is -0.432 e. The molecule has 0 amide bonds. The molecule has 0 atom stereocenters. The van der Waals surface area contributed by atoms with Gasteiger partial charge >= 0.3 is 5.84 Å². The van der Waals surface area contributed by atoms with Crippen LogP contribution in [0.2, 0.25) is 5.02 Å². The third kappa shape index (κ3) is 2.51. The Balaban J connectivity index is 2.19. The van der Waals surface area contributed by atoms with E-state index in [0.717, 1.165) is 0 Å². The minimum atomic E-state index is -0.169. The van der Waals surface area contributed by atoms with Crippen LogP contribution in [0.3, 0.4) is 0 Å². The summed E-state index contributed by atoms with van der Waals surface area (Å²) in [5, 5.41) is 0.536. The van der Waals surface area contributed by atoms with E-state index >= 15 is 0 Å². The number of imidazole rings is 1. The predicted molar refractivity (Wildman–Crippen MR) is 85.1 cm³/mol. The molecule has 0 N–H and O–H groups in total. The molecule has 0 saturated heterocycles. The van der Waals surface area contributed by atoms with E-state index in [1.807, 2.05) is 32.3 Å². The third-order valence-electron chi connectivity index (χ3n) is 3.15. The molecular weight excluding hydrogens is 302 g/mol. The lowest BCUT2D eigenvalue weighted by Gasteiger charge is -2.05. The molecule has 0 saturated carbocycles. The van der Waals surface area contributed by atoms with Crippen molar-refractivity contribution in [3.05, 3.63) is 59.7 Å². The van der Waals surface area contributed by atoms with Crippen LogP contribution < -0.4 is 0 Å². The summed E-state index contributed by atoms with van der Waals surface area (Å²) in [6.45, 7) is 0. The second-order valence-corrected chi connectivity index (χ2v) is 5.40. The number of hydrogen-bond acceptors (Lipinski definition) is 4. The quantitative estimate of drug-likeness (QED) is 0.546. The fourth-order valence-electron chi connectivity index (χ4n) is 2.16. The predicted octanol–water partition coefficient (Wildman–Crippen LogP) is 3.51. The highest BCUT2D eigenvalue weighted by atomic mass is 35.5. The van der Waals surface area contributed by atoms with Gasteiger partial charge in [-0.15, -0.1) is 0 Å². The van der Waals surface area contributed by atoms with Crippen LogP contribution in [0.4, 0.5) is 0 Å². The van der Waals surface area contributed by atoms with Gasteiger partial charge in [0, 0.05) is 38.1 Å². The lowest BCUT2D eigenvalue weighted by molar-refractivity contribution is 0.104. The van der Waals surface area contributed by atoms with Crippen molar-refractivity contribution in [2.75, 3.05) is 14.1 Å². The molecule has 112 valence electrons. The van der Waals surface area contributed by atoms with Gasteiger partial charge in [-0.2, -0.15) is 4.98 Å². The Morgan fingerprint density at radius 1 is 1.36 bits per heavy atom. The number of fused-ring (bicyclic) bond motifs is 1. The molecule has 0 aliphatic heterocycles. The number of hydrogen-bond donors (Lipinski definition) is 0. The zero-order valence-electron chi connectivity index (χ0n) is 12.2. The summed E-state index contributed by atoms with van der Waals surface area (Å²) < 4.78 is 6.92. The van der Waals surface area contributed by atoms with Gasteiger partial charge in [-0.3, -0.25) is 9.20 Å². The topological polar surface area (TPSA) is 50.8 Å². The molecule has 0 unspecified atom stereocenters. The molecule has 22 heavy (non-hydrogen) atoms. The van der Waals surface area contributed by atoms with E-state index < -0.39 is 0 Å². The Morgan fingerprint density at radius 2 is 2.14 bits per heavy atom. The van der Waals surface area contributed by atoms with Gasteiger partial charge < -0.3 is 9.32 Å². The SMILES string of the molecule is CN(C)C=CC(=O)c1c(-c2ccccc2Cl)nc2occn12. The van der Waals surface area contributed by atoms with Crippen LogP contribution in [0.15, 0.2) is 53.4 Å². The van der Waals surface area contributed by atoms with Crippen molar-refractivity contribution in [3.8, 4) is 11.3 Å². The Labute approximate surface area is 132 Å². The molecule has 0 radical (unpaired) electrons. The first-order chi connectivity index (χ1) is 10.6. The van der Waals surface area contributed by atoms with Gasteiger partial charge in [-0.1, -0.05) is 29.8 Å².